The minimum Gasteiger partial charge on any atom is -0.393 e. The standard InChI is InChI=1S/C13H16N4O2/c1-7-3-12-14-6-11(8(2)17(12)16-7)13(19)15-9-4-10(18)5-9/h3,6,9-10,18H,4-5H2,1-2H3,(H,15,19). The molecule has 1 aliphatic carbocycles. The third-order valence-corrected chi connectivity index (χ3v) is 3.54. The van der Waals surface area contributed by atoms with Gasteiger partial charge in [0.2, 0.25) is 0 Å². The first kappa shape index (κ1) is 12.1. The lowest BCUT2D eigenvalue weighted by molar-refractivity contribution is 0.0562. The Morgan fingerprint density at radius 1 is 1.47 bits per heavy atom. The lowest BCUT2D eigenvalue weighted by Crippen LogP contribution is -2.47. The minimum atomic E-state index is -0.277. The molecule has 2 aromatic heterocycles. The molecule has 0 radical (unpaired) electrons. The number of amides is 1. The van der Waals surface area contributed by atoms with Crippen LogP contribution in [0.1, 0.15) is 34.6 Å². The van der Waals surface area contributed by atoms with E-state index in [4.69, 9.17) is 0 Å². The summed E-state index contributed by atoms with van der Waals surface area (Å²) < 4.78 is 1.68. The number of aryl methyl sites for hydroxylation is 2. The van der Waals surface area contributed by atoms with E-state index >= 15 is 0 Å². The van der Waals surface area contributed by atoms with Crippen LogP contribution in [-0.4, -0.2) is 37.8 Å². The fourth-order valence-corrected chi connectivity index (χ4v) is 2.35. The molecule has 1 saturated carbocycles. The van der Waals surface area contributed by atoms with Gasteiger partial charge in [-0.25, -0.2) is 9.50 Å². The monoisotopic (exact) mass is 260 g/mol. The van der Waals surface area contributed by atoms with Crippen LogP contribution in [0.3, 0.4) is 0 Å². The molecule has 0 unspecified atom stereocenters. The molecule has 2 aromatic rings. The maximum absolute atomic E-state index is 12.2. The van der Waals surface area contributed by atoms with E-state index in [0.29, 0.717) is 18.4 Å². The van der Waals surface area contributed by atoms with E-state index in [0.717, 1.165) is 17.0 Å². The van der Waals surface area contributed by atoms with Crippen LogP contribution in [0.2, 0.25) is 0 Å². The molecule has 100 valence electrons. The van der Waals surface area contributed by atoms with Crippen molar-refractivity contribution < 1.29 is 9.90 Å². The summed E-state index contributed by atoms with van der Waals surface area (Å²) >= 11 is 0. The number of hydrogen-bond acceptors (Lipinski definition) is 4. The molecule has 0 spiro atoms. The van der Waals surface area contributed by atoms with Gasteiger partial charge in [-0.15, -0.1) is 0 Å². The van der Waals surface area contributed by atoms with Gasteiger partial charge in [-0.2, -0.15) is 5.10 Å². The number of aliphatic hydroxyl groups excluding tert-OH is 1. The van der Waals surface area contributed by atoms with Gasteiger partial charge < -0.3 is 10.4 Å². The molecule has 3 rings (SSSR count). The first-order chi connectivity index (χ1) is 9.04. The van der Waals surface area contributed by atoms with Crippen molar-refractivity contribution in [3.05, 3.63) is 29.2 Å². The van der Waals surface area contributed by atoms with Crippen molar-refractivity contribution in [2.45, 2.75) is 38.8 Å². The molecular formula is C13H16N4O2. The maximum Gasteiger partial charge on any atom is 0.254 e. The van der Waals surface area contributed by atoms with Crippen LogP contribution in [-0.2, 0) is 0 Å². The lowest BCUT2D eigenvalue weighted by atomic mass is 9.89. The van der Waals surface area contributed by atoms with Crippen LogP contribution in [0.5, 0.6) is 0 Å². The van der Waals surface area contributed by atoms with Gasteiger partial charge in [0.1, 0.15) is 0 Å². The van der Waals surface area contributed by atoms with Crippen LogP contribution < -0.4 is 5.32 Å². The average molecular weight is 260 g/mol. The zero-order chi connectivity index (χ0) is 13.6. The third kappa shape index (κ3) is 2.08. The topological polar surface area (TPSA) is 79.5 Å². The molecular weight excluding hydrogens is 244 g/mol. The number of aliphatic hydroxyl groups is 1. The van der Waals surface area contributed by atoms with Crippen molar-refractivity contribution in [3.63, 3.8) is 0 Å². The van der Waals surface area contributed by atoms with E-state index in [1.54, 1.807) is 10.7 Å². The third-order valence-electron chi connectivity index (χ3n) is 3.54. The molecule has 0 aromatic carbocycles. The number of nitrogens with zero attached hydrogens (tertiary/aromatic N) is 3. The zero-order valence-corrected chi connectivity index (χ0v) is 10.9. The summed E-state index contributed by atoms with van der Waals surface area (Å²) in [6.07, 6.45) is 2.56. The van der Waals surface area contributed by atoms with E-state index in [2.05, 4.69) is 15.4 Å². The zero-order valence-electron chi connectivity index (χ0n) is 10.9. The second kappa shape index (κ2) is 4.31. The van der Waals surface area contributed by atoms with Gasteiger partial charge in [-0.3, -0.25) is 4.79 Å². The molecule has 0 saturated heterocycles. The van der Waals surface area contributed by atoms with Crippen molar-refractivity contribution in [3.8, 4) is 0 Å². The molecule has 6 heteroatoms. The molecule has 2 heterocycles. The first-order valence-corrected chi connectivity index (χ1v) is 6.35. The highest BCUT2D eigenvalue weighted by Crippen LogP contribution is 2.20. The van der Waals surface area contributed by atoms with Gasteiger partial charge in [0.15, 0.2) is 5.65 Å². The molecule has 1 aliphatic rings. The Morgan fingerprint density at radius 2 is 2.21 bits per heavy atom. The van der Waals surface area contributed by atoms with E-state index in [1.165, 1.54) is 0 Å². The van der Waals surface area contributed by atoms with Gasteiger partial charge in [0.05, 0.1) is 23.1 Å². The molecule has 1 fully saturated rings. The summed E-state index contributed by atoms with van der Waals surface area (Å²) in [7, 11) is 0. The molecule has 1 amide bonds. The predicted octanol–water partition coefficient (Wildman–Crippen LogP) is 0.599. The smallest absolute Gasteiger partial charge is 0.254 e. The van der Waals surface area contributed by atoms with Gasteiger partial charge >= 0.3 is 0 Å². The average Bonchev–Trinajstić information content (AvgIpc) is 2.69. The van der Waals surface area contributed by atoms with Crippen LogP contribution in [0.4, 0.5) is 0 Å². The van der Waals surface area contributed by atoms with Crippen molar-refractivity contribution in [2.75, 3.05) is 0 Å². The number of fused-ring (bicyclic) bond motifs is 1. The summed E-state index contributed by atoms with van der Waals surface area (Å²) in [5, 5.41) is 16.4. The second-order valence-electron chi connectivity index (χ2n) is 5.11. The lowest BCUT2D eigenvalue weighted by Gasteiger charge is -2.32. The van der Waals surface area contributed by atoms with Crippen LogP contribution in [0.15, 0.2) is 12.3 Å². The van der Waals surface area contributed by atoms with Crippen molar-refractivity contribution >= 4 is 11.6 Å². The normalized spacial score (nSPS) is 22.3. The molecule has 6 nitrogen and oxygen atoms in total. The first-order valence-electron chi connectivity index (χ1n) is 6.35. The Morgan fingerprint density at radius 3 is 2.89 bits per heavy atom. The second-order valence-corrected chi connectivity index (χ2v) is 5.11. The predicted molar refractivity (Wildman–Crippen MR) is 69.0 cm³/mol. The Labute approximate surface area is 110 Å². The van der Waals surface area contributed by atoms with Crippen LogP contribution >= 0.6 is 0 Å². The van der Waals surface area contributed by atoms with Crippen LogP contribution in [0, 0.1) is 13.8 Å². The van der Waals surface area contributed by atoms with Crippen molar-refractivity contribution in [2.24, 2.45) is 0 Å². The van der Waals surface area contributed by atoms with E-state index < -0.39 is 0 Å². The number of hydrogen-bond donors (Lipinski definition) is 2. The fourth-order valence-electron chi connectivity index (χ4n) is 2.35. The van der Waals surface area contributed by atoms with Gasteiger partial charge in [-0.1, -0.05) is 0 Å². The minimum absolute atomic E-state index is 0.0666. The molecule has 0 aliphatic heterocycles. The highest BCUT2D eigenvalue weighted by molar-refractivity contribution is 5.95. The summed E-state index contributed by atoms with van der Waals surface area (Å²) in [5.74, 6) is -0.156. The number of rotatable bonds is 2. The number of nitrogens with one attached hydrogen (secondary N) is 1. The largest absolute Gasteiger partial charge is 0.393 e. The van der Waals surface area contributed by atoms with Crippen molar-refractivity contribution in [1.29, 1.82) is 0 Å². The highest BCUT2D eigenvalue weighted by atomic mass is 16.3. The Balaban J connectivity index is 1.87. The molecule has 0 bridgehead atoms. The van der Waals surface area contributed by atoms with Crippen molar-refractivity contribution in [1.82, 2.24) is 19.9 Å². The molecule has 19 heavy (non-hydrogen) atoms. The molecule has 2 N–H and O–H groups in total. The maximum atomic E-state index is 12.2. The number of aromatic nitrogens is 3. The van der Waals surface area contributed by atoms with Gasteiger partial charge in [0.25, 0.3) is 5.91 Å². The van der Waals surface area contributed by atoms with Gasteiger partial charge in [0, 0.05) is 18.3 Å². The Kier molecular flexibility index (Phi) is 2.74. The summed E-state index contributed by atoms with van der Waals surface area (Å²) in [5.41, 5.74) is 2.91. The quantitative estimate of drug-likeness (QED) is 0.828. The summed E-state index contributed by atoms with van der Waals surface area (Å²) in [4.78, 5) is 16.4. The highest BCUT2D eigenvalue weighted by Gasteiger charge is 2.29. The number of carbonyl (C=O) groups excluding carboxylic acids is 1. The fraction of sp³-hybridized carbons (Fsp3) is 0.462. The Hall–Kier alpha value is -1.95. The number of carbonyl (C=O) groups is 1. The summed E-state index contributed by atoms with van der Waals surface area (Å²) in [6.45, 7) is 3.75. The van der Waals surface area contributed by atoms with Crippen LogP contribution in [0.25, 0.3) is 5.65 Å². The van der Waals surface area contributed by atoms with E-state index in [1.807, 2.05) is 19.9 Å². The van der Waals surface area contributed by atoms with E-state index in [-0.39, 0.29) is 18.1 Å². The Bertz CT molecular complexity index is 643. The van der Waals surface area contributed by atoms with E-state index in [9.17, 15) is 9.90 Å². The SMILES string of the molecule is Cc1cc2ncc(C(=O)NC3CC(O)C3)c(C)n2n1. The molecule has 0 atom stereocenters. The summed E-state index contributed by atoms with van der Waals surface area (Å²) in [6, 6.07) is 1.94. The van der Waals surface area contributed by atoms with Gasteiger partial charge in [-0.05, 0) is 26.7 Å².